The van der Waals surface area contributed by atoms with Crippen LogP contribution in [0.15, 0.2) is 47.5 Å². The van der Waals surface area contributed by atoms with Gasteiger partial charge in [-0.15, -0.1) is 24.0 Å². The number of likely N-dealkylation sites (N-methyl/N-ethyl adjacent to an activating group) is 1. The molecular weight excluding hydrogens is 533 g/mol. The van der Waals surface area contributed by atoms with Crippen molar-refractivity contribution in [3.63, 3.8) is 0 Å². The van der Waals surface area contributed by atoms with Gasteiger partial charge in [0.05, 0.1) is 14.2 Å². The summed E-state index contributed by atoms with van der Waals surface area (Å²) in [5.74, 6) is 2.19. The number of ether oxygens (including phenoxy) is 2. The Balaban J connectivity index is 0.00000544. The van der Waals surface area contributed by atoms with Crippen molar-refractivity contribution in [1.29, 1.82) is 0 Å². The largest absolute Gasteiger partial charge is 0.497 e. The summed E-state index contributed by atoms with van der Waals surface area (Å²) in [5, 5.41) is 6.31. The Labute approximate surface area is 214 Å². The van der Waals surface area contributed by atoms with E-state index in [0.29, 0.717) is 25.2 Å². The molecule has 0 aliphatic heterocycles. The molecule has 0 saturated heterocycles. The number of carbonyl (C=O) groups excluding carboxylic acids is 1. The number of halogens is 1. The van der Waals surface area contributed by atoms with E-state index in [9.17, 15) is 4.79 Å². The predicted octanol–water partition coefficient (Wildman–Crippen LogP) is 2.82. The van der Waals surface area contributed by atoms with Gasteiger partial charge in [0.2, 0.25) is 0 Å². The summed E-state index contributed by atoms with van der Waals surface area (Å²) < 4.78 is 10.8. The van der Waals surface area contributed by atoms with Crippen molar-refractivity contribution in [2.75, 3.05) is 55.5 Å². The van der Waals surface area contributed by atoms with Crippen molar-refractivity contribution < 1.29 is 14.3 Å². The molecule has 0 radical (unpaired) electrons. The van der Waals surface area contributed by atoms with E-state index in [2.05, 4.69) is 15.6 Å². The third-order valence-corrected chi connectivity index (χ3v) is 4.96. The Hall–Kier alpha value is -2.53. The Morgan fingerprint density at radius 3 is 2.42 bits per heavy atom. The van der Waals surface area contributed by atoms with Crippen LogP contribution in [0.3, 0.4) is 0 Å². The number of rotatable bonds is 10. The zero-order valence-corrected chi connectivity index (χ0v) is 22.7. The monoisotopic (exact) mass is 569 g/mol. The minimum atomic E-state index is -0.0678. The van der Waals surface area contributed by atoms with Crippen molar-refractivity contribution in [3.05, 3.63) is 59.2 Å². The van der Waals surface area contributed by atoms with Crippen LogP contribution in [0.25, 0.3) is 0 Å². The van der Waals surface area contributed by atoms with E-state index in [1.54, 1.807) is 21.3 Å². The molecular formula is C24H36IN5O3. The quantitative estimate of drug-likeness (QED) is 0.261. The van der Waals surface area contributed by atoms with Crippen LogP contribution in [0.4, 0.5) is 0 Å². The van der Waals surface area contributed by atoms with E-state index in [1.807, 2.05) is 73.4 Å². The molecule has 1 amide bonds. The molecule has 2 aromatic rings. The number of benzene rings is 2. The summed E-state index contributed by atoms with van der Waals surface area (Å²) in [6.45, 7) is 2.58. The maximum absolute atomic E-state index is 12.4. The number of aliphatic imine (C=N–C) groups is 1. The number of hydrogen-bond donors (Lipinski definition) is 2. The first-order chi connectivity index (χ1) is 15.4. The molecule has 8 nitrogen and oxygen atoms in total. The summed E-state index contributed by atoms with van der Waals surface area (Å²) >= 11 is 0. The van der Waals surface area contributed by atoms with Crippen molar-refractivity contribution in [3.8, 4) is 11.5 Å². The number of nitrogens with zero attached hydrogens (tertiary/aromatic N) is 3. The number of nitrogens with one attached hydrogen (secondary N) is 2. The van der Waals surface area contributed by atoms with Crippen LogP contribution in [0, 0.1) is 0 Å². The van der Waals surface area contributed by atoms with Crippen LogP contribution in [-0.4, -0.2) is 77.2 Å². The van der Waals surface area contributed by atoms with Crippen LogP contribution in [-0.2, 0) is 13.1 Å². The first kappa shape index (κ1) is 28.5. The van der Waals surface area contributed by atoms with Gasteiger partial charge < -0.3 is 29.9 Å². The van der Waals surface area contributed by atoms with Gasteiger partial charge in [0, 0.05) is 57.5 Å². The van der Waals surface area contributed by atoms with Crippen LogP contribution in [0.2, 0.25) is 0 Å². The summed E-state index contributed by atoms with van der Waals surface area (Å²) in [5.41, 5.74) is 2.67. The summed E-state index contributed by atoms with van der Waals surface area (Å²) in [6.07, 6.45) is 0. The number of amides is 1. The fraction of sp³-hybridized carbons (Fsp3) is 0.417. The van der Waals surface area contributed by atoms with Crippen LogP contribution >= 0.6 is 24.0 Å². The number of guanidine groups is 1. The van der Waals surface area contributed by atoms with E-state index in [4.69, 9.17) is 9.47 Å². The molecule has 0 unspecified atom stereocenters. The van der Waals surface area contributed by atoms with E-state index in [0.717, 1.165) is 35.1 Å². The third kappa shape index (κ3) is 9.09. The van der Waals surface area contributed by atoms with Gasteiger partial charge in [0.15, 0.2) is 5.96 Å². The SMILES string of the molecule is CN=C(NCc1cccc(C(=O)NCCN(C)C)c1)N(C)Cc1ccc(OC)cc1OC.I. The van der Waals surface area contributed by atoms with Crippen molar-refractivity contribution in [1.82, 2.24) is 20.4 Å². The molecule has 2 N–H and O–H groups in total. The van der Waals surface area contributed by atoms with E-state index in [-0.39, 0.29) is 29.9 Å². The molecule has 0 saturated carbocycles. The van der Waals surface area contributed by atoms with Crippen LogP contribution in [0.5, 0.6) is 11.5 Å². The van der Waals surface area contributed by atoms with Gasteiger partial charge in [-0.05, 0) is 43.9 Å². The second kappa shape index (κ2) is 14.6. The van der Waals surface area contributed by atoms with E-state index in [1.165, 1.54) is 0 Å². The molecule has 0 aliphatic rings. The Morgan fingerprint density at radius 2 is 1.79 bits per heavy atom. The summed E-state index contributed by atoms with van der Waals surface area (Å²) in [7, 11) is 11.0. The molecule has 0 aliphatic carbocycles. The first-order valence-electron chi connectivity index (χ1n) is 10.5. The normalized spacial score (nSPS) is 10.9. The highest BCUT2D eigenvalue weighted by Gasteiger charge is 2.12. The molecule has 2 rings (SSSR count). The van der Waals surface area contributed by atoms with Gasteiger partial charge in [0.1, 0.15) is 11.5 Å². The Bertz CT molecular complexity index is 921. The highest BCUT2D eigenvalue weighted by atomic mass is 127. The predicted molar refractivity (Wildman–Crippen MR) is 144 cm³/mol. The number of methoxy groups -OCH3 is 2. The maximum atomic E-state index is 12.4. The first-order valence-corrected chi connectivity index (χ1v) is 10.5. The second-order valence-corrected chi connectivity index (χ2v) is 7.69. The molecule has 33 heavy (non-hydrogen) atoms. The summed E-state index contributed by atoms with van der Waals surface area (Å²) in [6, 6.07) is 13.4. The molecule has 0 spiro atoms. The molecule has 0 atom stereocenters. The van der Waals surface area contributed by atoms with Gasteiger partial charge in [-0.1, -0.05) is 12.1 Å². The zero-order valence-electron chi connectivity index (χ0n) is 20.3. The lowest BCUT2D eigenvalue weighted by Crippen LogP contribution is -2.38. The van der Waals surface area contributed by atoms with Gasteiger partial charge in [-0.3, -0.25) is 9.79 Å². The van der Waals surface area contributed by atoms with Gasteiger partial charge in [-0.2, -0.15) is 0 Å². The number of hydrogen-bond acceptors (Lipinski definition) is 5. The van der Waals surface area contributed by atoms with Crippen molar-refractivity contribution in [2.45, 2.75) is 13.1 Å². The molecule has 0 fully saturated rings. The molecule has 0 heterocycles. The third-order valence-electron chi connectivity index (χ3n) is 4.96. The van der Waals surface area contributed by atoms with Crippen molar-refractivity contribution in [2.24, 2.45) is 4.99 Å². The summed E-state index contributed by atoms with van der Waals surface area (Å²) in [4.78, 5) is 20.8. The van der Waals surface area contributed by atoms with Gasteiger partial charge in [-0.25, -0.2) is 0 Å². The molecule has 0 aromatic heterocycles. The Kier molecular flexibility index (Phi) is 12.6. The number of carbonyl (C=O) groups is 1. The highest BCUT2D eigenvalue weighted by Crippen LogP contribution is 2.25. The second-order valence-electron chi connectivity index (χ2n) is 7.69. The molecule has 2 aromatic carbocycles. The van der Waals surface area contributed by atoms with Gasteiger partial charge in [0.25, 0.3) is 5.91 Å². The lowest BCUT2D eigenvalue weighted by Gasteiger charge is -2.23. The average molecular weight is 569 g/mol. The van der Waals surface area contributed by atoms with E-state index < -0.39 is 0 Å². The molecule has 9 heteroatoms. The molecule has 0 bridgehead atoms. The maximum Gasteiger partial charge on any atom is 0.251 e. The average Bonchev–Trinajstić information content (AvgIpc) is 2.79. The fourth-order valence-electron chi connectivity index (χ4n) is 3.20. The molecule has 182 valence electrons. The standard InChI is InChI=1S/C24H35N5O3.HI/c1-25-24(29(4)17-20-10-11-21(31-5)15-22(20)32-6)27-16-18-8-7-9-19(14-18)23(30)26-12-13-28(2)3;/h7-11,14-15H,12-13,16-17H2,1-6H3,(H,25,27)(H,26,30);1H. The van der Waals surface area contributed by atoms with Gasteiger partial charge >= 0.3 is 0 Å². The fourth-order valence-corrected chi connectivity index (χ4v) is 3.20. The minimum Gasteiger partial charge on any atom is -0.497 e. The lowest BCUT2D eigenvalue weighted by molar-refractivity contribution is 0.0951. The minimum absolute atomic E-state index is 0. The smallest absolute Gasteiger partial charge is 0.251 e. The zero-order chi connectivity index (χ0) is 23.5. The lowest BCUT2D eigenvalue weighted by atomic mass is 10.1. The van der Waals surface area contributed by atoms with E-state index >= 15 is 0 Å². The van der Waals surface area contributed by atoms with Crippen molar-refractivity contribution >= 4 is 35.8 Å². The van der Waals surface area contributed by atoms with Crippen LogP contribution in [0.1, 0.15) is 21.5 Å². The van der Waals surface area contributed by atoms with Crippen LogP contribution < -0.4 is 20.1 Å². The highest BCUT2D eigenvalue weighted by molar-refractivity contribution is 14.0. The Morgan fingerprint density at radius 1 is 1.03 bits per heavy atom. The topological polar surface area (TPSA) is 78.4 Å².